The molecule has 0 aliphatic heterocycles. The fraction of sp³-hybridized carbons (Fsp3) is 0.316. The summed E-state index contributed by atoms with van der Waals surface area (Å²) >= 11 is 3.37. The lowest BCUT2D eigenvalue weighted by molar-refractivity contribution is -0.140. The predicted octanol–water partition coefficient (Wildman–Crippen LogP) is 1.40. The maximum absolute atomic E-state index is 12.6. The summed E-state index contributed by atoms with van der Waals surface area (Å²) in [6.45, 7) is 1.32. The van der Waals surface area contributed by atoms with Gasteiger partial charge in [-0.2, -0.15) is 0 Å². The Morgan fingerprint density at radius 3 is 2.45 bits per heavy atom. The maximum atomic E-state index is 12.6. The van der Waals surface area contributed by atoms with E-state index in [1.807, 2.05) is 24.3 Å². The molecule has 9 nitrogen and oxygen atoms in total. The van der Waals surface area contributed by atoms with Crippen LogP contribution < -0.4 is 16.2 Å². The van der Waals surface area contributed by atoms with E-state index in [0.717, 1.165) is 29.1 Å². The Kier molecular flexibility index (Phi) is 5.83. The SMILES string of the molecule is C[C@@H](CNC(=O)c1ncc(C(=O)NC2(c3ccc(Br)cc3)CC2)c(=O)[nH]1)C(=O)O. The van der Waals surface area contributed by atoms with Gasteiger partial charge in [-0.25, -0.2) is 4.98 Å². The highest BCUT2D eigenvalue weighted by Crippen LogP contribution is 2.45. The van der Waals surface area contributed by atoms with Crippen LogP contribution in [-0.2, 0) is 10.3 Å². The van der Waals surface area contributed by atoms with Crippen molar-refractivity contribution in [2.45, 2.75) is 25.3 Å². The number of carboxylic acid groups (broad SMARTS) is 1. The van der Waals surface area contributed by atoms with Gasteiger partial charge in [0.15, 0.2) is 5.82 Å². The molecule has 0 spiro atoms. The van der Waals surface area contributed by atoms with Gasteiger partial charge in [0.2, 0.25) is 0 Å². The van der Waals surface area contributed by atoms with Crippen LogP contribution in [0.4, 0.5) is 0 Å². The number of aliphatic carboxylic acids is 1. The van der Waals surface area contributed by atoms with Gasteiger partial charge in [0, 0.05) is 17.2 Å². The monoisotopic (exact) mass is 462 g/mol. The van der Waals surface area contributed by atoms with Crippen LogP contribution in [0.1, 0.15) is 46.3 Å². The normalized spacial score (nSPS) is 15.2. The first-order valence-electron chi connectivity index (χ1n) is 8.91. The van der Waals surface area contributed by atoms with E-state index in [4.69, 9.17) is 5.11 Å². The molecule has 2 amide bonds. The van der Waals surface area contributed by atoms with Crippen molar-refractivity contribution in [3.63, 3.8) is 0 Å². The van der Waals surface area contributed by atoms with Gasteiger partial charge in [0.1, 0.15) is 5.56 Å². The van der Waals surface area contributed by atoms with Gasteiger partial charge in [-0.1, -0.05) is 35.0 Å². The van der Waals surface area contributed by atoms with E-state index < -0.39 is 34.8 Å². The smallest absolute Gasteiger partial charge is 0.308 e. The minimum absolute atomic E-state index is 0.115. The lowest BCUT2D eigenvalue weighted by Crippen LogP contribution is -2.39. The molecule has 152 valence electrons. The molecule has 3 rings (SSSR count). The zero-order chi connectivity index (χ0) is 21.2. The van der Waals surface area contributed by atoms with Crippen LogP contribution in [0.3, 0.4) is 0 Å². The number of carbonyl (C=O) groups excluding carboxylic acids is 2. The third kappa shape index (κ3) is 4.70. The van der Waals surface area contributed by atoms with Crippen LogP contribution in [0, 0.1) is 5.92 Å². The second kappa shape index (κ2) is 8.16. The maximum Gasteiger partial charge on any atom is 0.308 e. The summed E-state index contributed by atoms with van der Waals surface area (Å²) in [6.07, 6.45) is 2.56. The van der Waals surface area contributed by atoms with Crippen molar-refractivity contribution in [2.24, 2.45) is 5.92 Å². The van der Waals surface area contributed by atoms with Crippen molar-refractivity contribution in [3.05, 3.63) is 62.2 Å². The lowest BCUT2D eigenvalue weighted by atomic mass is 10.0. The number of amides is 2. The molecule has 4 N–H and O–H groups in total. The highest BCUT2D eigenvalue weighted by molar-refractivity contribution is 9.10. The van der Waals surface area contributed by atoms with Crippen molar-refractivity contribution < 1.29 is 19.5 Å². The molecule has 10 heteroatoms. The Balaban J connectivity index is 1.69. The van der Waals surface area contributed by atoms with Crippen LogP contribution in [0.5, 0.6) is 0 Å². The summed E-state index contributed by atoms with van der Waals surface area (Å²) in [7, 11) is 0. The third-order valence-corrected chi connectivity index (χ3v) is 5.28. The van der Waals surface area contributed by atoms with Gasteiger partial charge in [0.05, 0.1) is 11.5 Å². The van der Waals surface area contributed by atoms with E-state index in [2.05, 4.69) is 36.5 Å². The van der Waals surface area contributed by atoms with E-state index in [1.165, 1.54) is 6.92 Å². The number of aromatic nitrogens is 2. The first-order valence-corrected chi connectivity index (χ1v) is 9.70. The first kappa shape index (κ1) is 20.7. The molecule has 1 fully saturated rings. The summed E-state index contributed by atoms with van der Waals surface area (Å²) in [5.41, 5.74) is -0.515. The molecule has 1 saturated carbocycles. The number of carboxylic acids is 1. The first-order chi connectivity index (χ1) is 13.7. The average Bonchev–Trinajstić information content (AvgIpc) is 3.46. The Bertz CT molecular complexity index is 1010. The van der Waals surface area contributed by atoms with Crippen molar-refractivity contribution >= 4 is 33.7 Å². The Morgan fingerprint density at radius 1 is 1.24 bits per heavy atom. The molecule has 0 bridgehead atoms. The summed E-state index contributed by atoms with van der Waals surface area (Å²) in [6, 6.07) is 7.58. The van der Waals surface area contributed by atoms with Gasteiger partial charge in [0.25, 0.3) is 17.4 Å². The Hall–Kier alpha value is -3.01. The van der Waals surface area contributed by atoms with Crippen molar-refractivity contribution in [1.29, 1.82) is 0 Å². The largest absolute Gasteiger partial charge is 0.481 e. The number of aromatic amines is 1. The fourth-order valence-electron chi connectivity index (χ4n) is 2.75. The van der Waals surface area contributed by atoms with Crippen molar-refractivity contribution in [1.82, 2.24) is 20.6 Å². The van der Waals surface area contributed by atoms with E-state index in [1.54, 1.807) is 0 Å². The molecule has 0 saturated heterocycles. The lowest BCUT2D eigenvalue weighted by Gasteiger charge is -2.18. The predicted molar refractivity (Wildman–Crippen MR) is 107 cm³/mol. The minimum atomic E-state index is -1.06. The number of H-pyrrole nitrogens is 1. The van der Waals surface area contributed by atoms with Gasteiger partial charge in [-0.05, 0) is 30.5 Å². The minimum Gasteiger partial charge on any atom is -0.481 e. The summed E-state index contributed by atoms with van der Waals surface area (Å²) in [5, 5.41) is 14.1. The topological polar surface area (TPSA) is 141 Å². The standard InChI is InChI=1S/C19H19BrN4O5/c1-10(18(28)29)8-22-17(27)14-21-9-13(15(25)23-14)16(26)24-19(6-7-19)11-2-4-12(20)5-3-11/h2-5,9-10H,6-8H2,1H3,(H,22,27)(H,24,26)(H,28,29)(H,21,23,25)/t10-/m0/s1. The van der Waals surface area contributed by atoms with Gasteiger partial charge >= 0.3 is 5.97 Å². The molecular formula is C19H19BrN4O5. The molecule has 1 aliphatic rings. The van der Waals surface area contributed by atoms with Crippen molar-refractivity contribution in [3.8, 4) is 0 Å². The number of nitrogens with zero attached hydrogens (tertiary/aromatic N) is 1. The highest BCUT2D eigenvalue weighted by atomic mass is 79.9. The van der Waals surface area contributed by atoms with E-state index >= 15 is 0 Å². The number of nitrogens with one attached hydrogen (secondary N) is 3. The Labute approximate surface area is 174 Å². The van der Waals surface area contributed by atoms with Crippen LogP contribution in [0.15, 0.2) is 39.7 Å². The average molecular weight is 463 g/mol. The molecule has 2 aromatic rings. The van der Waals surface area contributed by atoms with E-state index in [9.17, 15) is 19.2 Å². The molecule has 0 unspecified atom stereocenters. The van der Waals surface area contributed by atoms with Gasteiger partial charge in [-0.3, -0.25) is 19.2 Å². The molecule has 29 heavy (non-hydrogen) atoms. The zero-order valence-corrected chi connectivity index (χ0v) is 17.1. The van der Waals surface area contributed by atoms with Gasteiger partial charge in [-0.15, -0.1) is 0 Å². The van der Waals surface area contributed by atoms with Gasteiger partial charge < -0.3 is 20.7 Å². The molecular weight excluding hydrogens is 444 g/mol. The molecule has 1 aromatic heterocycles. The highest BCUT2D eigenvalue weighted by Gasteiger charge is 2.46. The summed E-state index contributed by atoms with van der Waals surface area (Å²) in [5.74, 6) is -3.44. The van der Waals surface area contributed by atoms with E-state index in [-0.39, 0.29) is 17.9 Å². The fourth-order valence-corrected chi connectivity index (χ4v) is 3.02. The van der Waals surface area contributed by atoms with Crippen LogP contribution in [-0.4, -0.2) is 39.4 Å². The molecule has 1 heterocycles. The van der Waals surface area contributed by atoms with Crippen molar-refractivity contribution in [2.75, 3.05) is 6.54 Å². The number of rotatable bonds is 7. The second-order valence-corrected chi connectivity index (χ2v) is 7.88. The van der Waals surface area contributed by atoms with E-state index in [0.29, 0.717) is 0 Å². The van der Waals surface area contributed by atoms with Crippen LogP contribution in [0.2, 0.25) is 0 Å². The number of halogens is 1. The zero-order valence-electron chi connectivity index (χ0n) is 15.5. The summed E-state index contributed by atoms with van der Waals surface area (Å²) < 4.78 is 0.927. The number of carbonyl (C=O) groups is 3. The number of hydrogen-bond donors (Lipinski definition) is 4. The Morgan fingerprint density at radius 2 is 1.90 bits per heavy atom. The number of hydrogen-bond acceptors (Lipinski definition) is 5. The molecule has 0 radical (unpaired) electrons. The quantitative estimate of drug-likeness (QED) is 0.489. The van der Waals surface area contributed by atoms with Crippen LogP contribution >= 0.6 is 15.9 Å². The molecule has 1 atom stereocenters. The second-order valence-electron chi connectivity index (χ2n) is 6.97. The third-order valence-electron chi connectivity index (χ3n) is 4.75. The molecule has 1 aliphatic carbocycles. The summed E-state index contributed by atoms with van der Waals surface area (Å²) in [4.78, 5) is 53.8. The van der Waals surface area contributed by atoms with Crippen LogP contribution in [0.25, 0.3) is 0 Å². The molecule has 1 aromatic carbocycles. The number of benzene rings is 1.